The molecular formula is C27H29F4NO5S. The van der Waals surface area contributed by atoms with Crippen LogP contribution >= 0.6 is 11.9 Å². The van der Waals surface area contributed by atoms with Gasteiger partial charge in [0.1, 0.15) is 5.75 Å². The molecule has 0 bridgehead atoms. The number of halogens is 4. The molecule has 0 saturated carbocycles. The second-order valence-corrected chi connectivity index (χ2v) is 7.94. The van der Waals surface area contributed by atoms with Crippen LogP contribution in [0.5, 0.6) is 28.7 Å². The maximum absolute atomic E-state index is 14.5. The maximum Gasteiger partial charge on any atom is 0.573 e. The van der Waals surface area contributed by atoms with Gasteiger partial charge in [-0.05, 0) is 60.0 Å². The van der Waals surface area contributed by atoms with Crippen molar-refractivity contribution < 1.29 is 41.2 Å². The second-order valence-electron chi connectivity index (χ2n) is 7.06. The molecule has 0 aliphatic heterocycles. The molecule has 0 spiro atoms. The topological polar surface area (TPSA) is 58.2 Å². The molecule has 0 aromatic heterocycles. The van der Waals surface area contributed by atoms with Crippen LogP contribution in [0.3, 0.4) is 0 Å². The van der Waals surface area contributed by atoms with E-state index in [4.69, 9.17) is 18.9 Å². The van der Waals surface area contributed by atoms with Crippen LogP contribution in [0.15, 0.2) is 53.4 Å². The third-order valence-electron chi connectivity index (χ3n) is 4.80. The van der Waals surface area contributed by atoms with Crippen molar-refractivity contribution >= 4 is 29.8 Å². The number of ether oxygens (including phenoxy) is 5. The van der Waals surface area contributed by atoms with Crippen LogP contribution in [0.25, 0.3) is 12.2 Å². The van der Waals surface area contributed by atoms with Gasteiger partial charge in [-0.3, -0.25) is 0 Å². The van der Waals surface area contributed by atoms with Gasteiger partial charge in [-0.2, -0.15) is 0 Å². The zero-order valence-corrected chi connectivity index (χ0v) is 22.6. The van der Waals surface area contributed by atoms with Gasteiger partial charge < -0.3 is 28.4 Å². The molecular weight excluding hydrogens is 526 g/mol. The number of benzene rings is 3. The van der Waals surface area contributed by atoms with Crippen molar-refractivity contribution in [3.8, 4) is 28.7 Å². The normalized spacial score (nSPS) is 10.9. The molecule has 206 valence electrons. The minimum atomic E-state index is -4.81. The van der Waals surface area contributed by atoms with Gasteiger partial charge in [0.05, 0.1) is 34.1 Å². The fourth-order valence-corrected chi connectivity index (χ4v) is 4.00. The molecule has 3 aromatic carbocycles. The lowest BCUT2D eigenvalue weighted by molar-refractivity contribution is -0.274. The molecule has 0 atom stereocenters. The van der Waals surface area contributed by atoms with Gasteiger partial charge in [-0.15, -0.1) is 13.2 Å². The van der Waals surface area contributed by atoms with Crippen molar-refractivity contribution in [1.82, 2.24) is 0 Å². The van der Waals surface area contributed by atoms with Crippen LogP contribution in [-0.2, 0) is 0 Å². The predicted octanol–water partition coefficient (Wildman–Crippen LogP) is 8.07. The average molecular weight is 556 g/mol. The Morgan fingerprint density at radius 1 is 0.789 bits per heavy atom. The molecule has 11 heteroatoms. The molecule has 1 N–H and O–H groups in total. The largest absolute Gasteiger partial charge is 0.573 e. The standard InChI is InChI=1S/C25H23F4NO5S.C2H6/c1-31-20-12-15(13-21(32-2)24(20)34-4)8-9-16-10-11-19(26)23(33-3)22(16)30-36-18-7-5-6-17(14-18)35-25(27,28)29;1-2/h5-14,30H,1-4H3;1-2H3/b9-8-;. The van der Waals surface area contributed by atoms with Crippen molar-refractivity contribution in [3.05, 3.63) is 65.5 Å². The lowest BCUT2D eigenvalue weighted by atomic mass is 10.1. The number of hydrogen-bond donors (Lipinski definition) is 1. The first-order valence-corrected chi connectivity index (χ1v) is 12.1. The Bertz CT molecular complexity index is 1210. The zero-order chi connectivity index (χ0) is 28.3. The van der Waals surface area contributed by atoms with Crippen molar-refractivity contribution in [1.29, 1.82) is 0 Å². The van der Waals surface area contributed by atoms with E-state index >= 15 is 0 Å². The van der Waals surface area contributed by atoms with Crippen molar-refractivity contribution in [2.24, 2.45) is 0 Å². The van der Waals surface area contributed by atoms with E-state index < -0.39 is 12.2 Å². The maximum atomic E-state index is 14.5. The molecule has 6 nitrogen and oxygen atoms in total. The minimum absolute atomic E-state index is 0.0581. The molecule has 3 aromatic rings. The fourth-order valence-electron chi connectivity index (χ4n) is 3.24. The van der Waals surface area contributed by atoms with Gasteiger partial charge in [0, 0.05) is 10.5 Å². The summed E-state index contributed by atoms with van der Waals surface area (Å²) in [5, 5.41) is 0. The summed E-state index contributed by atoms with van der Waals surface area (Å²) < 4.78 is 80.3. The van der Waals surface area contributed by atoms with E-state index in [9.17, 15) is 17.6 Å². The van der Waals surface area contributed by atoms with Crippen molar-refractivity contribution in [3.63, 3.8) is 0 Å². The number of anilines is 1. The van der Waals surface area contributed by atoms with Crippen LogP contribution in [0, 0.1) is 5.82 Å². The monoisotopic (exact) mass is 555 g/mol. The third kappa shape index (κ3) is 8.14. The van der Waals surface area contributed by atoms with E-state index in [1.807, 2.05) is 13.8 Å². The van der Waals surface area contributed by atoms with E-state index in [-0.39, 0.29) is 17.2 Å². The molecule has 3 rings (SSSR count). The van der Waals surface area contributed by atoms with Crippen LogP contribution < -0.4 is 28.4 Å². The van der Waals surface area contributed by atoms with E-state index in [0.717, 1.165) is 11.9 Å². The predicted molar refractivity (Wildman–Crippen MR) is 142 cm³/mol. The third-order valence-corrected chi connectivity index (χ3v) is 5.59. The molecule has 0 aliphatic carbocycles. The Balaban J connectivity index is 0.00000247. The molecule has 0 aliphatic rings. The zero-order valence-electron chi connectivity index (χ0n) is 21.7. The number of alkyl halides is 3. The highest BCUT2D eigenvalue weighted by atomic mass is 32.2. The van der Waals surface area contributed by atoms with Gasteiger partial charge in [-0.25, -0.2) is 4.39 Å². The van der Waals surface area contributed by atoms with E-state index in [2.05, 4.69) is 9.46 Å². The number of methoxy groups -OCH3 is 4. The average Bonchev–Trinajstić information content (AvgIpc) is 2.90. The molecule has 0 saturated heterocycles. The van der Waals surface area contributed by atoms with Gasteiger partial charge in [0.15, 0.2) is 23.1 Å². The summed E-state index contributed by atoms with van der Waals surface area (Å²) in [4.78, 5) is 0.405. The number of nitrogens with one attached hydrogen (secondary N) is 1. The smallest absolute Gasteiger partial charge is 0.493 e. The van der Waals surface area contributed by atoms with Crippen LogP contribution in [-0.4, -0.2) is 34.8 Å². The minimum Gasteiger partial charge on any atom is -0.493 e. The van der Waals surface area contributed by atoms with Crippen LogP contribution in [0.4, 0.5) is 23.2 Å². The summed E-state index contributed by atoms with van der Waals surface area (Å²) in [7, 11) is 5.83. The lowest BCUT2D eigenvalue weighted by Gasteiger charge is -2.15. The van der Waals surface area contributed by atoms with Gasteiger partial charge in [-0.1, -0.05) is 32.1 Å². The van der Waals surface area contributed by atoms with Gasteiger partial charge in [0.2, 0.25) is 5.75 Å². The SMILES string of the molecule is CC.COc1cc(/C=C\c2ccc(F)c(OC)c2NSc2cccc(OC(F)(F)F)c2)cc(OC)c1OC. The Morgan fingerprint density at radius 2 is 1.42 bits per heavy atom. The van der Waals surface area contributed by atoms with Gasteiger partial charge >= 0.3 is 6.36 Å². The summed E-state index contributed by atoms with van der Waals surface area (Å²) in [5.74, 6) is 0.321. The summed E-state index contributed by atoms with van der Waals surface area (Å²) in [6.45, 7) is 4.00. The Morgan fingerprint density at radius 3 is 1.97 bits per heavy atom. The Labute approximate surface area is 223 Å². The Hall–Kier alpha value is -3.73. The Kier molecular flexibility index (Phi) is 11.5. The molecule has 0 amide bonds. The first kappa shape index (κ1) is 30.5. The van der Waals surface area contributed by atoms with Crippen LogP contribution in [0.2, 0.25) is 0 Å². The highest BCUT2D eigenvalue weighted by Gasteiger charge is 2.31. The summed E-state index contributed by atoms with van der Waals surface area (Å²) in [6.07, 6.45) is -1.34. The summed E-state index contributed by atoms with van der Waals surface area (Å²) in [6, 6.07) is 11.7. The quantitative estimate of drug-likeness (QED) is 0.154. The number of hydrogen-bond acceptors (Lipinski definition) is 7. The molecule has 0 heterocycles. The first-order chi connectivity index (χ1) is 18.2. The van der Waals surface area contributed by atoms with E-state index in [0.29, 0.717) is 33.3 Å². The van der Waals surface area contributed by atoms with E-state index in [1.54, 1.807) is 36.4 Å². The van der Waals surface area contributed by atoms with Crippen molar-refractivity contribution in [2.75, 3.05) is 33.2 Å². The molecule has 0 fully saturated rings. The molecule has 0 radical (unpaired) electrons. The van der Waals surface area contributed by atoms with Crippen LogP contribution in [0.1, 0.15) is 25.0 Å². The number of rotatable bonds is 10. The van der Waals surface area contributed by atoms with E-state index in [1.165, 1.54) is 52.7 Å². The second kappa shape index (κ2) is 14.3. The molecule has 0 unspecified atom stereocenters. The highest BCUT2D eigenvalue weighted by Crippen LogP contribution is 2.40. The summed E-state index contributed by atoms with van der Waals surface area (Å²) in [5.41, 5.74) is 1.55. The summed E-state index contributed by atoms with van der Waals surface area (Å²) >= 11 is 0.970. The van der Waals surface area contributed by atoms with Crippen molar-refractivity contribution in [2.45, 2.75) is 25.1 Å². The van der Waals surface area contributed by atoms with Gasteiger partial charge in [0.25, 0.3) is 0 Å². The molecule has 38 heavy (non-hydrogen) atoms. The fraction of sp³-hybridized carbons (Fsp3) is 0.259. The lowest BCUT2D eigenvalue weighted by Crippen LogP contribution is -2.17. The first-order valence-electron chi connectivity index (χ1n) is 11.3. The highest BCUT2D eigenvalue weighted by molar-refractivity contribution is 8.00.